The van der Waals surface area contributed by atoms with Crippen LogP contribution in [0.5, 0.6) is 0 Å². The van der Waals surface area contributed by atoms with Crippen molar-refractivity contribution in [2.75, 3.05) is 20.2 Å². The second-order valence-electron chi connectivity index (χ2n) is 5.95. The molecule has 1 saturated heterocycles. The number of carbonyl (C=O) groups is 1. The number of nitrogens with one attached hydrogen (secondary N) is 1. The number of H-pyrrole nitrogens is 1. The maximum absolute atomic E-state index is 12.7. The molecule has 3 rings (SSSR count). The van der Waals surface area contributed by atoms with Crippen molar-refractivity contribution in [3.63, 3.8) is 0 Å². The van der Waals surface area contributed by atoms with E-state index in [0.29, 0.717) is 29.8 Å². The Balaban J connectivity index is 1.74. The summed E-state index contributed by atoms with van der Waals surface area (Å²) >= 11 is 0. The molecule has 0 aliphatic carbocycles. The van der Waals surface area contributed by atoms with Crippen LogP contribution in [-0.4, -0.2) is 52.3 Å². The van der Waals surface area contributed by atoms with Crippen LogP contribution in [0.3, 0.4) is 0 Å². The van der Waals surface area contributed by atoms with Crippen molar-refractivity contribution in [1.82, 2.24) is 20.1 Å². The van der Waals surface area contributed by atoms with Crippen molar-refractivity contribution >= 4 is 5.91 Å². The van der Waals surface area contributed by atoms with E-state index in [2.05, 4.69) is 21.3 Å². The first kappa shape index (κ1) is 16.1. The van der Waals surface area contributed by atoms with Crippen molar-refractivity contribution in [2.45, 2.75) is 25.4 Å². The topological polar surface area (TPSA) is 94.9 Å². The monoisotopic (exact) mass is 325 g/mol. The number of nitriles is 1. The van der Waals surface area contributed by atoms with Gasteiger partial charge in [0, 0.05) is 31.7 Å². The zero-order chi connectivity index (χ0) is 17.1. The molecule has 2 aromatic rings. The molecule has 124 valence electrons. The summed E-state index contributed by atoms with van der Waals surface area (Å²) in [4.78, 5) is 18.6. The predicted octanol–water partition coefficient (Wildman–Crippen LogP) is 1.63. The van der Waals surface area contributed by atoms with E-state index in [4.69, 9.17) is 10.00 Å². The third kappa shape index (κ3) is 3.01. The zero-order valence-electron chi connectivity index (χ0n) is 13.7. The lowest BCUT2D eigenvalue weighted by Crippen LogP contribution is -2.36. The van der Waals surface area contributed by atoms with E-state index < -0.39 is 0 Å². The van der Waals surface area contributed by atoms with E-state index in [1.165, 1.54) is 6.33 Å². The summed E-state index contributed by atoms with van der Waals surface area (Å²) in [7, 11) is 1.75. The summed E-state index contributed by atoms with van der Waals surface area (Å²) in [6.45, 7) is 2.89. The van der Waals surface area contributed by atoms with Crippen molar-refractivity contribution < 1.29 is 9.53 Å². The Hall–Kier alpha value is -2.72. The molecule has 1 aliphatic rings. The van der Waals surface area contributed by atoms with Crippen molar-refractivity contribution in [2.24, 2.45) is 0 Å². The van der Waals surface area contributed by atoms with Gasteiger partial charge in [-0.15, -0.1) is 0 Å². The van der Waals surface area contributed by atoms with E-state index in [1.54, 1.807) is 37.1 Å². The number of hydrogen-bond donors (Lipinski definition) is 1. The molecule has 0 bridgehead atoms. The second-order valence-corrected chi connectivity index (χ2v) is 5.95. The van der Waals surface area contributed by atoms with E-state index in [0.717, 1.165) is 12.2 Å². The molecular formula is C17H19N5O2. The van der Waals surface area contributed by atoms with Crippen molar-refractivity contribution in [3.8, 4) is 6.07 Å². The van der Waals surface area contributed by atoms with Gasteiger partial charge in [0.2, 0.25) is 0 Å². The average Bonchev–Trinajstić information content (AvgIpc) is 3.25. The molecular weight excluding hydrogens is 306 g/mol. The molecule has 0 radical (unpaired) electrons. The number of benzene rings is 1. The van der Waals surface area contributed by atoms with E-state index in [9.17, 15) is 4.79 Å². The quantitative estimate of drug-likeness (QED) is 0.922. The van der Waals surface area contributed by atoms with Crippen LogP contribution in [-0.2, 0) is 4.74 Å². The van der Waals surface area contributed by atoms with Crippen LogP contribution in [0.15, 0.2) is 24.5 Å². The minimum absolute atomic E-state index is 0.106. The summed E-state index contributed by atoms with van der Waals surface area (Å²) in [5, 5.41) is 15.9. The highest BCUT2D eigenvalue weighted by atomic mass is 16.5. The summed E-state index contributed by atoms with van der Waals surface area (Å²) in [5.74, 6) is 0.784. The molecule has 24 heavy (non-hydrogen) atoms. The van der Waals surface area contributed by atoms with Gasteiger partial charge in [-0.2, -0.15) is 10.4 Å². The second kappa shape index (κ2) is 6.81. The van der Waals surface area contributed by atoms with Gasteiger partial charge in [-0.1, -0.05) is 6.07 Å². The molecule has 2 heterocycles. The molecule has 1 aromatic heterocycles. The Kier molecular flexibility index (Phi) is 4.58. The molecule has 1 aliphatic heterocycles. The molecule has 0 unspecified atom stereocenters. The minimum Gasteiger partial charge on any atom is -0.376 e. The maximum Gasteiger partial charge on any atom is 0.253 e. The third-order valence-corrected chi connectivity index (χ3v) is 4.48. The summed E-state index contributed by atoms with van der Waals surface area (Å²) in [6, 6.07) is 7.31. The molecule has 7 heteroatoms. The van der Waals surface area contributed by atoms with E-state index in [1.807, 2.05) is 0 Å². The van der Waals surface area contributed by atoms with Crippen molar-refractivity contribution in [1.29, 1.82) is 5.26 Å². The fourth-order valence-corrected chi connectivity index (χ4v) is 3.08. The molecule has 0 saturated carbocycles. The number of hydrogen-bond acceptors (Lipinski definition) is 5. The molecule has 1 fully saturated rings. The van der Waals surface area contributed by atoms with Gasteiger partial charge < -0.3 is 9.64 Å². The number of ether oxygens (including phenoxy) is 1. The first-order chi connectivity index (χ1) is 11.6. The molecule has 2 atom stereocenters. The van der Waals surface area contributed by atoms with Gasteiger partial charge in [0.05, 0.1) is 17.7 Å². The van der Waals surface area contributed by atoms with E-state index >= 15 is 0 Å². The number of aromatic amines is 1. The molecule has 1 N–H and O–H groups in total. The lowest BCUT2D eigenvalue weighted by Gasteiger charge is -2.24. The Morgan fingerprint density at radius 2 is 2.38 bits per heavy atom. The normalized spacial score (nSPS) is 19.9. The SMILES string of the molecule is Cc1c(C#N)cccc1C(=O)N(C)C[C@H]1OCC[C@H]1c1ncn[nH]1. The van der Waals surface area contributed by atoms with Crippen LogP contribution < -0.4 is 0 Å². The van der Waals surface area contributed by atoms with Crippen LogP contribution in [0.25, 0.3) is 0 Å². The number of carbonyl (C=O) groups excluding carboxylic acids is 1. The maximum atomic E-state index is 12.7. The fourth-order valence-electron chi connectivity index (χ4n) is 3.08. The van der Waals surface area contributed by atoms with Crippen LogP contribution in [0, 0.1) is 18.3 Å². The Bertz CT molecular complexity index is 766. The number of nitrogens with zero attached hydrogens (tertiary/aromatic N) is 4. The average molecular weight is 325 g/mol. The first-order valence-electron chi connectivity index (χ1n) is 7.84. The Morgan fingerprint density at radius 1 is 1.54 bits per heavy atom. The van der Waals surface area contributed by atoms with Crippen LogP contribution in [0.1, 0.15) is 39.6 Å². The summed E-state index contributed by atoms with van der Waals surface area (Å²) in [6.07, 6.45) is 2.22. The van der Waals surface area contributed by atoms with Gasteiger partial charge in [0.1, 0.15) is 12.2 Å². The minimum atomic E-state index is -0.119. The molecule has 1 amide bonds. The van der Waals surface area contributed by atoms with Gasteiger partial charge in [-0.25, -0.2) is 4.98 Å². The molecule has 1 aromatic carbocycles. The van der Waals surface area contributed by atoms with Gasteiger partial charge in [0.25, 0.3) is 5.91 Å². The molecule has 7 nitrogen and oxygen atoms in total. The highest BCUT2D eigenvalue weighted by Crippen LogP contribution is 2.29. The first-order valence-corrected chi connectivity index (χ1v) is 7.84. The Labute approximate surface area is 140 Å². The highest BCUT2D eigenvalue weighted by molar-refractivity contribution is 5.96. The van der Waals surface area contributed by atoms with Gasteiger partial charge in [-0.05, 0) is 31.0 Å². The smallest absolute Gasteiger partial charge is 0.253 e. The number of likely N-dealkylation sites (N-methyl/N-ethyl adjacent to an activating group) is 1. The van der Waals surface area contributed by atoms with E-state index in [-0.39, 0.29) is 17.9 Å². The lowest BCUT2D eigenvalue weighted by molar-refractivity contribution is 0.0549. The Morgan fingerprint density at radius 3 is 3.08 bits per heavy atom. The largest absolute Gasteiger partial charge is 0.376 e. The fraction of sp³-hybridized carbons (Fsp3) is 0.412. The van der Waals surface area contributed by atoms with Crippen molar-refractivity contribution in [3.05, 3.63) is 47.0 Å². The zero-order valence-corrected chi connectivity index (χ0v) is 13.7. The van der Waals surface area contributed by atoms with Gasteiger partial charge in [-0.3, -0.25) is 9.89 Å². The summed E-state index contributed by atoms with van der Waals surface area (Å²) in [5.41, 5.74) is 1.77. The summed E-state index contributed by atoms with van der Waals surface area (Å²) < 4.78 is 5.79. The van der Waals surface area contributed by atoms with Crippen LogP contribution in [0.4, 0.5) is 0 Å². The highest BCUT2D eigenvalue weighted by Gasteiger charge is 2.33. The van der Waals surface area contributed by atoms with Gasteiger partial charge in [0.15, 0.2) is 0 Å². The number of aromatic nitrogens is 3. The van der Waals surface area contributed by atoms with Crippen LogP contribution >= 0.6 is 0 Å². The van der Waals surface area contributed by atoms with Gasteiger partial charge >= 0.3 is 0 Å². The lowest BCUT2D eigenvalue weighted by atomic mass is 9.99. The predicted molar refractivity (Wildman–Crippen MR) is 86.3 cm³/mol. The molecule has 0 spiro atoms. The van der Waals surface area contributed by atoms with Crippen LogP contribution in [0.2, 0.25) is 0 Å². The standard InChI is InChI=1S/C17H19N5O2/c1-11-12(8-18)4-3-5-13(11)17(23)22(2)9-15-14(6-7-24-15)16-19-10-20-21-16/h3-5,10,14-15H,6-7,9H2,1-2H3,(H,19,20,21)/t14-,15-/m1/s1. The third-order valence-electron chi connectivity index (χ3n) is 4.48. The number of rotatable bonds is 4. The number of amides is 1.